The van der Waals surface area contributed by atoms with Crippen LogP contribution in [0.2, 0.25) is 0 Å². The molecule has 7 rings (SSSR count). The maximum Gasteiger partial charge on any atom is 0.275 e. The number of nitrogens with zero attached hydrogens (tertiary/aromatic N) is 5. The molecule has 2 saturated heterocycles. The monoisotopic (exact) mass is 564 g/mol. The van der Waals surface area contributed by atoms with Gasteiger partial charge in [0.05, 0.1) is 16.6 Å². The van der Waals surface area contributed by atoms with Crippen LogP contribution < -0.4 is 10.9 Å². The van der Waals surface area contributed by atoms with E-state index >= 15 is 0 Å². The summed E-state index contributed by atoms with van der Waals surface area (Å²) >= 11 is 3.40. The lowest BCUT2D eigenvalue weighted by atomic mass is 9.86. The molecule has 204 valence electrons. The van der Waals surface area contributed by atoms with E-state index in [4.69, 9.17) is 0 Å². The second-order valence-corrected chi connectivity index (χ2v) is 13.7. The number of thiophene rings is 1. The number of fused-ring (bicyclic) bond motifs is 5. The van der Waals surface area contributed by atoms with Gasteiger partial charge in [-0.2, -0.15) is 11.8 Å². The summed E-state index contributed by atoms with van der Waals surface area (Å²) in [5, 5.41) is 4.29. The average molecular weight is 565 g/mol. The summed E-state index contributed by atoms with van der Waals surface area (Å²) in [5.74, 6) is 2.51. The number of anilines is 2. The topological polar surface area (TPSA) is 100 Å². The maximum atomic E-state index is 13.7. The number of Topliss-reactive ketones (excluding diaryl/α,β-unsaturated/α-hetero) is 1. The average Bonchev–Trinajstić information content (AvgIpc) is 3.44. The van der Waals surface area contributed by atoms with Crippen molar-refractivity contribution in [2.75, 3.05) is 43.5 Å². The first kappa shape index (κ1) is 25.2. The molecule has 1 aliphatic carbocycles. The summed E-state index contributed by atoms with van der Waals surface area (Å²) < 4.78 is 1.75. The number of aryl methyl sites for hydroxylation is 2. The molecule has 2 fully saturated rings. The van der Waals surface area contributed by atoms with E-state index in [0.717, 1.165) is 66.2 Å². The summed E-state index contributed by atoms with van der Waals surface area (Å²) in [6.45, 7) is 6.56. The lowest BCUT2D eigenvalue weighted by molar-refractivity contribution is -0.138. The van der Waals surface area contributed by atoms with Crippen LogP contribution in [0.25, 0.3) is 10.2 Å². The molecule has 1 spiro atoms. The van der Waals surface area contributed by atoms with Gasteiger partial charge in [0, 0.05) is 54.4 Å². The van der Waals surface area contributed by atoms with E-state index in [9.17, 15) is 14.4 Å². The van der Waals surface area contributed by atoms with Crippen molar-refractivity contribution in [3.63, 3.8) is 0 Å². The Morgan fingerprint density at radius 2 is 2.03 bits per heavy atom. The summed E-state index contributed by atoms with van der Waals surface area (Å²) in [6, 6.07) is 2.16. The van der Waals surface area contributed by atoms with Crippen LogP contribution in [0.5, 0.6) is 0 Å². The summed E-state index contributed by atoms with van der Waals surface area (Å²) in [4.78, 5) is 55.4. The highest BCUT2D eigenvalue weighted by atomic mass is 32.2. The van der Waals surface area contributed by atoms with Gasteiger partial charge in [-0.15, -0.1) is 11.3 Å². The zero-order chi connectivity index (χ0) is 27.1. The molecule has 0 unspecified atom stereocenters. The van der Waals surface area contributed by atoms with E-state index in [1.807, 2.05) is 11.8 Å². The van der Waals surface area contributed by atoms with Crippen molar-refractivity contribution in [2.45, 2.75) is 51.1 Å². The van der Waals surface area contributed by atoms with Gasteiger partial charge in [0.2, 0.25) is 5.91 Å². The zero-order valence-corrected chi connectivity index (χ0v) is 24.1. The quantitative estimate of drug-likeness (QED) is 0.518. The summed E-state index contributed by atoms with van der Waals surface area (Å²) in [5.41, 5.74) is 2.45. The highest BCUT2D eigenvalue weighted by molar-refractivity contribution is 8.00. The van der Waals surface area contributed by atoms with Crippen LogP contribution in [0.3, 0.4) is 0 Å². The molecular formula is C28H32N6O3S2. The molecule has 0 bridgehead atoms. The lowest BCUT2D eigenvalue weighted by Crippen LogP contribution is -2.53. The number of pyridine rings is 1. The first-order valence-corrected chi connectivity index (χ1v) is 15.6. The van der Waals surface area contributed by atoms with Gasteiger partial charge in [0.15, 0.2) is 5.78 Å². The fraction of sp³-hybridized carbons (Fsp3) is 0.536. The largest absolute Gasteiger partial charge is 0.340 e. The van der Waals surface area contributed by atoms with Gasteiger partial charge in [-0.1, -0.05) is 0 Å². The van der Waals surface area contributed by atoms with Crippen LogP contribution >= 0.6 is 23.1 Å². The molecule has 0 radical (unpaired) electrons. The van der Waals surface area contributed by atoms with Gasteiger partial charge in [0.25, 0.3) is 5.56 Å². The standard InChI is InChI=1S/C28H32N6O3S2/c1-15-8-19(27(37)34-23(15)20(35)10-28(34)12-38-13-28)31-24-22-18-5-4-17(9-21(18)39-25(22)30-14-29-24)26(36)33-7-6-32(3)16(2)11-33/h8,14,16-17H,4-7,9-13H2,1-3H3,(H,29,30,31)/t16-,17+/m1/s1. The van der Waals surface area contributed by atoms with Crippen LogP contribution in [0.15, 0.2) is 17.2 Å². The van der Waals surface area contributed by atoms with Gasteiger partial charge in [-0.25, -0.2) is 9.97 Å². The number of ketones is 1. The Morgan fingerprint density at radius 1 is 1.21 bits per heavy atom. The number of aromatic nitrogens is 3. The number of amides is 1. The second-order valence-electron chi connectivity index (χ2n) is 11.6. The number of rotatable bonds is 3. The minimum absolute atomic E-state index is 0.0105. The number of carbonyl (C=O) groups excluding carboxylic acids is 2. The predicted octanol–water partition coefficient (Wildman–Crippen LogP) is 3.20. The second kappa shape index (κ2) is 9.14. The number of thioether (sulfide) groups is 1. The molecule has 2 atom stereocenters. The smallest absolute Gasteiger partial charge is 0.275 e. The fourth-order valence-corrected chi connectivity index (χ4v) is 9.12. The van der Waals surface area contributed by atoms with Crippen molar-refractivity contribution in [1.82, 2.24) is 24.3 Å². The lowest BCUT2D eigenvalue weighted by Gasteiger charge is -2.39. The van der Waals surface area contributed by atoms with Crippen LogP contribution in [-0.2, 0) is 23.2 Å². The van der Waals surface area contributed by atoms with E-state index in [2.05, 4.69) is 34.2 Å². The number of hydrogen-bond acceptors (Lipinski definition) is 9. The Balaban J connectivity index is 1.20. The molecule has 0 aromatic carbocycles. The third-order valence-electron chi connectivity index (χ3n) is 9.08. The van der Waals surface area contributed by atoms with Crippen molar-refractivity contribution in [3.05, 3.63) is 44.4 Å². The number of hydrogen-bond donors (Lipinski definition) is 1. The Bertz CT molecular complexity index is 1590. The van der Waals surface area contributed by atoms with Crippen LogP contribution in [0.4, 0.5) is 11.5 Å². The number of likely N-dealkylation sites (N-methyl/N-ethyl adjacent to an activating group) is 1. The first-order chi connectivity index (χ1) is 18.8. The van der Waals surface area contributed by atoms with E-state index in [-0.39, 0.29) is 28.7 Å². The van der Waals surface area contributed by atoms with E-state index in [1.165, 1.54) is 16.8 Å². The Labute approximate surface area is 235 Å². The zero-order valence-electron chi connectivity index (χ0n) is 22.5. The Kier molecular flexibility index (Phi) is 5.91. The van der Waals surface area contributed by atoms with E-state index < -0.39 is 0 Å². The van der Waals surface area contributed by atoms with E-state index in [1.54, 1.807) is 33.7 Å². The Morgan fingerprint density at radius 3 is 2.77 bits per heavy atom. The molecule has 3 aromatic rings. The minimum atomic E-state index is -0.387. The normalized spacial score (nSPS) is 24.1. The van der Waals surface area contributed by atoms with Gasteiger partial charge < -0.3 is 15.1 Å². The molecule has 1 amide bonds. The molecule has 3 aliphatic heterocycles. The van der Waals surface area contributed by atoms with Gasteiger partial charge in [-0.05, 0) is 57.4 Å². The molecule has 9 nitrogen and oxygen atoms in total. The first-order valence-electron chi connectivity index (χ1n) is 13.6. The molecule has 6 heterocycles. The molecule has 3 aromatic heterocycles. The third kappa shape index (κ3) is 3.88. The summed E-state index contributed by atoms with van der Waals surface area (Å²) in [7, 11) is 2.12. The number of nitrogens with one attached hydrogen (secondary N) is 1. The minimum Gasteiger partial charge on any atom is -0.340 e. The maximum absolute atomic E-state index is 13.7. The highest BCUT2D eigenvalue weighted by Crippen LogP contribution is 2.45. The molecular weight excluding hydrogens is 532 g/mol. The van der Waals surface area contributed by atoms with Crippen LogP contribution in [0.1, 0.15) is 46.3 Å². The van der Waals surface area contributed by atoms with Crippen LogP contribution in [0, 0.1) is 12.8 Å². The molecule has 11 heteroatoms. The highest BCUT2D eigenvalue weighted by Gasteiger charge is 2.49. The number of piperazine rings is 1. The van der Waals surface area contributed by atoms with Crippen molar-refractivity contribution in [3.8, 4) is 0 Å². The summed E-state index contributed by atoms with van der Waals surface area (Å²) in [6.07, 6.45) is 4.25. The molecule has 4 aliphatic rings. The SMILES string of the molecule is Cc1cc(Nc2ncnc3sc4c(c23)CC[C@H](C(=O)N2CCN(C)[C@H](C)C2)C4)c(=O)n2c1C(=O)CC21CSC1. The van der Waals surface area contributed by atoms with Crippen LogP contribution in [-0.4, -0.2) is 80.3 Å². The van der Waals surface area contributed by atoms with Crippen molar-refractivity contribution >= 4 is 56.5 Å². The van der Waals surface area contributed by atoms with Gasteiger partial charge in [0.1, 0.15) is 22.7 Å². The third-order valence-corrected chi connectivity index (χ3v) is 11.7. The molecule has 0 saturated carbocycles. The van der Waals surface area contributed by atoms with Gasteiger partial charge >= 0.3 is 0 Å². The van der Waals surface area contributed by atoms with Crippen molar-refractivity contribution in [1.29, 1.82) is 0 Å². The van der Waals surface area contributed by atoms with Crippen molar-refractivity contribution in [2.24, 2.45) is 5.92 Å². The molecule has 39 heavy (non-hydrogen) atoms. The fourth-order valence-electron chi connectivity index (χ4n) is 6.71. The predicted molar refractivity (Wildman–Crippen MR) is 155 cm³/mol. The van der Waals surface area contributed by atoms with Crippen molar-refractivity contribution < 1.29 is 9.59 Å². The van der Waals surface area contributed by atoms with Gasteiger partial charge in [-0.3, -0.25) is 19.0 Å². The Hall–Kier alpha value is -2.76. The van der Waals surface area contributed by atoms with E-state index in [0.29, 0.717) is 29.7 Å². The number of carbonyl (C=O) groups is 2. The molecule has 1 N–H and O–H groups in total.